The zero-order valence-electron chi connectivity index (χ0n) is 28.0. The summed E-state index contributed by atoms with van der Waals surface area (Å²) in [5.74, 6) is 0.662. The summed E-state index contributed by atoms with van der Waals surface area (Å²) in [5.41, 5.74) is 11.0. The summed E-state index contributed by atoms with van der Waals surface area (Å²) in [5, 5.41) is 7.69. The van der Waals surface area contributed by atoms with E-state index in [1.807, 2.05) is 42.5 Å². The Hall–Kier alpha value is -6.78. The van der Waals surface area contributed by atoms with Gasteiger partial charge in [0.2, 0.25) is 0 Å². The molecule has 1 aliphatic heterocycles. The fraction of sp³-hybridized carbons (Fsp3) is 0.0213. The lowest BCUT2D eigenvalue weighted by molar-refractivity contribution is 0.572. The number of hydrogen-bond acceptors (Lipinski definition) is 4. The number of fused-ring (bicyclic) bond motifs is 5. The van der Waals surface area contributed by atoms with Crippen LogP contribution in [0.1, 0.15) is 12.6 Å². The van der Waals surface area contributed by atoms with E-state index in [1.54, 1.807) is 0 Å². The van der Waals surface area contributed by atoms with Gasteiger partial charge in [-0.3, -0.25) is 0 Å². The van der Waals surface area contributed by atoms with Crippen LogP contribution in [0, 0.1) is 0 Å². The smallest absolute Gasteiger partial charge is 0.161 e. The van der Waals surface area contributed by atoms with Crippen LogP contribution in [-0.2, 0) is 0 Å². The second-order valence-corrected chi connectivity index (χ2v) is 13.0. The summed E-state index contributed by atoms with van der Waals surface area (Å²) in [4.78, 5) is 13.0. The van der Waals surface area contributed by atoms with Gasteiger partial charge < -0.3 is 9.32 Å². The molecule has 0 saturated carbocycles. The molecule has 0 N–H and O–H groups in total. The van der Waals surface area contributed by atoms with Gasteiger partial charge in [-0.25, -0.2) is 9.97 Å². The molecular formula is C47H31N3O. The van der Waals surface area contributed by atoms with E-state index in [0.717, 1.165) is 77.2 Å². The van der Waals surface area contributed by atoms with Crippen molar-refractivity contribution in [3.05, 3.63) is 175 Å². The first-order valence-electron chi connectivity index (χ1n) is 17.2. The molecule has 3 heterocycles. The second-order valence-electron chi connectivity index (χ2n) is 13.0. The number of anilines is 3. The van der Waals surface area contributed by atoms with Gasteiger partial charge in [-0.1, -0.05) is 128 Å². The number of furan rings is 1. The summed E-state index contributed by atoms with van der Waals surface area (Å²) in [7, 11) is 0. The molecule has 240 valence electrons. The Balaban J connectivity index is 1.27. The molecule has 0 aliphatic carbocycles. The van der Waals surface area contributed by atoms with Crippen LogP contribution in [-0.4, -0.2) is 9.97 Å². The molecule has 0 spiro atoms. The molecule has 0 bridgehead atoms. The van der Waals surface area contributed by atoms with Gasteiger partial charge in [0.15, 0.2) is 5.82 Å². The lowest BCUT2D eigenvalue weighted by Gasteiger charge is -2.34. The summed E-state index contributed by atoms with van der Waals surface area (Å²) >= 11 is 0. The minimum absolute atomic E-state index is 0.662. The molecule has 1 aliphatic rings. The number of nitrogens with zero attached hydrogens (tertiary/aromatic N) is 3. The first-order valence-corrected chi connectivity index (χ1v) is 17.2. The zero-order valence-corrected chi connectivity index (χ0v) is 28.0. The van der Waals surface area contributed by atoms with Gasteiger partial charge >= 0.3 is 0 Å². The number of para-hydroxylation sites is 3. The first-order chi connectivity index (χ1) is 25.2. The Labute approximate surface area is 294 Å². The summed E-state index contributed by atoms with van der Waals surface area (Å²) in [6, 6.07) is 51.3. The predicted octanol–water partition coefficient (Wildman–Crippen LogP) is 11.0. The van der Waals surface area contributed by atoms with Crippen LogP contribution >= 0.6 is 0 Å². The van der Waals surface area contributed by atoms with Crippen LogP contribution in [0.5, 0.6) is 0 Å². The molecule has 4 nitrogen and oxygen atoms in total. The minimum atomic E-state index is 0.662. The Bertz CT molecular complexity index is 3020. The van der Waals surface area contributed by atoms with E-state index < -0.39 is 0 Å². The Morgan fingerprint density at radius 1 is 0.627 bits per heavy atom. The predicted molar refractivity (Wildman–Crippen MR) is 212 cm³/mol. The van der Waals surface area contributed by atoms with E-state index >= 15 is 0 Å². The van der Waals surface area contributed by atoms with Gasteiger partial charge in [-0.15, -0.1) is 0 Å². The fourth-order valence-corrected chi connectivity index (χ4v) is 7.86. The maximum absolute atomic E-state index is 6.54. The molecule has 7 aromatic carbocycles. The molecule has 2 aromatic heterocycles. The van der Waals surface area contributed by atoms with Gasteiger partial charge in [0.05, 0.1) is 22.6 Å². The van der Waals surface area contributed by atoms with E-state index in [-0.39, 0.29) is 0 Å². The number of allylic oxidation sites excluding steroid dienone is 1. The van der Waals surface area contributed by atoms with Gasteiger partial charge in [0.25, 0.3) is 0 Å². The average molecular weight is 654 g/mol. The maximum atomic E-state index is 6.54. The molecule has 9 aromatic rings. The van der Waals surface area contributed by atoms with Gasteiger partial charge in [-0.05, 0) is 65.0 Å². The van der Waals surface area contributed by atoms with Crippen molar-refractivity contribution in [2.45, 2.75) is 6.92 Å². The van der Waals surface area contributed by atoms with Crippen LogP contribution in [0.4, 0.5) is 17.1 Å². The number of rotatable bonds is 4. The first kappa shape index (κ1) is 29.2. The van der Waals surface area contributed by atoms with Gasteiger partial charge in [0, 0.05) is 43.8 Å². The molecule has 0 unspecified atom stereocenters. The highest BCUT2D eigenvalue weighted by atomic mass is 16.3. The van der Waals surface area contributed by atoms with Gasteiger partial charge in [-0.2, -0.15) is 0 Å². The van der Waals surface area contributed by atoms with E-state index in [0.29, 0.717) is 5.82 Å². The summed E-state index contributed by atoms with van der Waals surface area (Å²) < 4.78 is 6.54. The highest BCUT2D eigenvalue weighted by molar-refractivity contribution is 6.14. The molecule has 0 atom stereocenters. The molecule has 0 radical (unpaired) electrons. The van der Waals surface area contributed by atoms with E-state index in [4.69, 9.17) is 14.4 Å². The third kappa shape index (κ3) is 4.47. The van der Waals surface area contributed by atoms with E-state index in [1.165, 1.54) is 21.9 Å². The second kappa shape index (κ2) is 11.4. The van der Waals surface area contributed by atoms with Crippen molar-refractivity contribution < 1.29 is 4.42 Å². The molecule has 10 rings (SSSR count). The number of aromatic nitrogens is 2. The molecule has 0 saturated heterocycles. The SMILES string of the molecule is C=C/C=c1\c(=C(/C)c2nc(-c3cc(N4c5ccccc5-c5cccc6cccc4c56)cc4ccccc34)nc3ccccc23)oc2ccccc12. The fourth-order valence-electron chi connectivity index (χ4n) is 7.86. The quantitative estimate of drug-likeness (QED) is 0.190. The summed E-state index contributed by atoms with van der Waals surface area (Å²) in [6.45, 7) is 6.09. The van der Waals surface area contributed by atoms with Crippen molar-refractivity contribution in [1.29, 1.82) is 0 Å². The average Bonchev–Trinajstić information content (AvgIpc) is 3.55. The van der Waals surface area contributed by atoms with Crippen LogP contribution < -0.4 is 15.5 Å². The lowest BCUT2D eigenvalue weighted by atomic mass is 9.90. The third-order valence-corrected chi connectivity index (χ3v) is 10.1. The Morgan fingerprint density at radius 3 is 2.20 bits per heavy atom. The molecule has 51 heavy (non-hydrogen) atoms. The number of benzene rings is 7. The Morgan fingerprint density at radius 2 is 1.31 bits per heavy atom. The molecule has 4 heteroatoms. The normalized spacial score (nSPS) is 13.3. The zero-order chi connectivity index (χ0) is 34.1. The Kier molecular flexibility index (Phi) is 6.52. The van der Waals surface area contributed by atoms with E-state index in [9.17, 15) is 0 Å². The molecule has 0 amide bonds. The van der Waals surface area contributed by atoms with Crippen LogP contribution in [0.25, 0.3) is 77.6 Å². The standard InChI is InChI=1S/C47H31N3O/c1-3-14-37-35-20-8-11-26-43(35)51-46(37)29(2)45-38-21-6-9-23-40(38)48-47(49-45)39-28-32(27-31-15-4-5-18-33(31)39)50-41-24-10-7-19-34(41)36-22-12-16-30-17-13-25-42(50)44(30)36/h3-28H,1H2,2H3/b37-14-,46-29-. The van der Waals surface area contributed by atoms with Crippen molar-refractivity contribution >= 4 is 72.1 Å². The van der Waals surface area contributed by atoms with Crippen molar-refractivity contribution in [1.82, 2.24) is 9.97 Å². The van der Waals surface area contributed by atoms with Crippen molar-refractivity contribution in [2.24, 2.45) is 0 Å². The van der Waals surface area contributed by atoms with Crippen LogP contribution in [0.2, 0.25) is 0 Å². The van der Waals surface area contributed by atoms with E-state index in [2.05, 4.69) is 134 Å². The minimum Gasteiger partial charge on any atom is -0.456 e. The monoisotopic (exact) mass is 653 g/mol. The molecular weight excluding hydrogens is 623 g/mol. The topological polar surface area (TPSA) is 42.2 Å². The van der Waals surface area contributed by atoms with Crippen molar-refractivity contribution in [3.8, 4) is 22.5 Å². The maximum Gasteiger partial charge on any atom is 0.161 e. The van der Waals surface area contributed by atoms with Crippen molar-refractivity contribution in [2.75, 3.05) is 4.90 Å². The van der Waals surface area contributed by atoms with Gasteiger partial charge in [0.1, 0.15) is 11.0 Å². The van der Waals surface area contributed by atoms with Crippen LogP contribution in [0.3, 0.4) is 0 Å². The number of hydrogen-bond donors (Lipinski definition) is 0. The van der Waals surface area contributed by atoms with Crippen molar-refractivity contribution in [3.63, 3.8) is 0 Å². The highest BCUT2D eigenvalue weighted by Gasteiger charge is 2.27. The van der Waals surface area contributed by atoms with Crippen LogP contribution in [0.15, 0.2) is 163 Å². The summed E-state index contributed by atoms with van der Waals surface area (Å²) in [6.07, 6.45) is 3.83. The third-order valence-electron chi connectivity index (χ3n) is 10.1. The lowest BCUT2D eigenvalue weighted by Crippen LogP contribution is -2.23. The highest BCUT2D eigenvalue weighted by Crippen LogP contribution is 2.51. The largest absolute Gasteiger partial charge is 0.456 e. The molecule has 0 fully saturated rings.